The van der Waals surface area contributed by atoms with E-state index in [1.54, 1.807) is 0 Å². The Labute approximate surface area is 172 Å². The van der Waals surface area contributed by atoms with Crippen molar-refractivity contribution in [2.24, 2.45) is 0 Å². The average Bonchev–Trinajstić information content (AvgIpc) is 2.97. The molecule has 0 spiro atoms. The summed E-state index contributed by atoms with van der Waals surface area (Å²) in [6, 6.07) is 5.81. The number of carbonyl (C=O) groups excluding carboxylic acids is 2. The van der Waals surface area contributed by atoms with E-state index in [1.165, 1.54) is 31.2 Å². The number of amides is 1. The zero-order valence-electron chi connectivity index (χ0n) is 18.1. The van der Waals surface area contributed by atoms with Crippen molar-refractivity contribution in [1.29, 1.82) is 0 Å². The van der Waals surface area contributed by atoms with Crippen molar-refractivity contribution in [3.8, 4) is 0 Å². The summed E-state index contributed by atoms with van der Waals surface area (Å²) in [5, 5.41) is 4.07. The van der Waals surface area contributed by atoms with E-state index in [0.29, 0.717) is 5.56 Å². The van der Waals surface area contributed by atoms with Crippen molar-refractivity contribution in [1.82, 2.24) is 9.88 Å². The fraction of sp³-hybridized carbons (Fsp3) is 0.565. The van der Waals surface area contributed by atoms with Gasteiger partial charge in [0.1, 0.15) is 5.60 Å². The summed E-state index contributed by atoms with van der Waals surface area (Å²) in [5.74, 6) is -0.306. The summed E-state index contributed by atoms with van der Waals surface area (Å²) in [4.78, 5) is 24.0. The van der Waals surface area contributed by atoms with Crippen LogP contribution in [0.15, 0.2) is 18.2 Å². The maximum Gasteiger partial charge on any atom is 0.407 e. The lowest BCUT2D eigenvalue weighted by Gasteiger charge is -2.22. The Bertz CT molecular complexity index is 908. The monoisotopic (exact) mass is 400 g/mol. The molecule has 0 saturated carbocycles. The van der Waals surface area contributed by atoms with Crippen LogP contribution in [0.4, 0.5) is 4.79 Å². The maximum atomic E-state index is 12.0. The minimum absolute atomic E-state index is 0.00381. The van der Waals surface area contributed by atoms with E-state index in [1.807, 2.05) is 45.9 Å². The summed E-state index contributed by atoms with van der Waals surface area (Å²) in [7, 11) is 1.41. The number of hydrogen-bond acceptors (Lipinski definition) is 4. The number of fused-ring (bicyclic) bond motifs is 3. The van der Waals surface area contributed by atoms with Crippen LogP contribution in [0.2, 0.25) is 0 Å². The zero-order valence-corrected chi connectivity index (χ0v) is 18.1. The van der Waals surface area contributed by atoms with Crippen LogP contribution in [-0.4, -0.2) is 35.4 Å². The number of aryl methyl sites for hydroxylation is 2. The molecular formula is C23H32N2O4. The van der Waals surface area contributed by atoms with E-state index in [4.69, 9.17) is 9.47 Å². The number of nitrogens with one attached hydrogen (secondary N) is 1. The van der Waals surface area contributed by atoms with Gasteiger partial charge in [0.15, 0.2) is 0 Å². The summed E-state index contributed by atoms with van der Waals surface area (Å²) >= 11 is 0. The highest BCUT2D eigenvalue weighted by molar-refractivity contribution is 5.96. The fourth-order valence-corrected chi connectivity index (χ4v) is 4.04. The Hall–Kier alpha value is -2.50. The van der Waals surface area contributed by atoms with Gasteiger partial charge in [0.2, 0.25) is 0 Å². The Morgan fingerprint density at radius 1 is 1.21 bits per heavy atom. The molecule has 0 fully saturated rings. The molecule has 0 saturated heterocycles. The van der Waals surface area contributed by atoms with Crippen molar-refractivity contribution >= 4 is 23.0 Å². The summed E-state index contributed by atoms with van der Waals surface area (Å²) < 4.78 is 12.6. The van der Waals surface area contributed by atoms with Crippen LogP contribution >= 0.6 is 0 Å². The number of aromatic nitrogens is 1. The minimum atomic E-state index is -0.503. The van der Waals surface area contributed by atoms with E-state index in [-0.39, 0.29) is 18.1 Å². The third kappa shape index (κ3) is 4.92. The molecule has 1 aliphatic rings. The molecule has 0 radical (unpaired) electrons. The van der Waals surface area contributed by atoms with Gasteiger partial charge in [0.05, 0.1) is 12.7 Å². The van der Waals surface area contributed by atoms with Crippen LogP contribution in [0.1, 0.15) is 68.6 Å². The van der Waals surface area contributed by atoms with E-state index >= 15 is 0 Å². The second-order valence-corrected chi connectivity index (χ2v) is 8.84. The van der Waals surface area contributed by atoms with Crippen LogP contribution < -0.4 is 5.32 Å². The van der Waals surface area contributed by atoms with E-state index in [0.717, 1.165) is 36.7 Å². The molecule has 2 aromatic rings. The summed E-state index contributed by atoms with van der Waals surface area (Å²) in [6.07, 6.45) is 4.85. The van der Waals surface area contributed by atoms with Crippen LogP contribution in [0.3, 0.4) is 0 Å². The van der Waals surface area contributed by atoms with Crippen LogP contribution in [0.25, 0.3) is 10.9 Å². The number of hydrogen-bond donors (Lipinski definition) is 1. The smallest absolute Gasteiger partial charge is 0.407 e. The second-order valence-electron chi connectivity index (χ2n) is 8.84. The van der Waals surface area contributed by atoms with E-state index < -0.39 is 5.60 Å². The lowest BCUT2D eigenvalue weighted by atomic mass is 9.95. The molecule has 29 heavy (non-hydrogen) atoms. The Morgan fingerprint density at radius 2 is 1.93 bits per heavy atom. The van der Waals surface area contributed by atoms with Crippen molar-refractivity contribution in [3.05, 3.63) is 35.0 Å². The number of methoxy groups -OCH3 is 1. The number of ether oxygens (including phenoxy) is 2. The number of nitrogens with zero attached hydrogens (tertiary/aromatic N) is 1. The number of rotatable bonds is 5. The Kier molecular flexibility index (Phi) is 6.20. The van der Waals surface area contributed by atoms with Gasteiger partial charge >= 0.3 is 12.1 Å². The number of alkyl carbamates (subject to hydrolysis) is 1. The number of esters is 1. The molecule has 1 aromatic carbocycles. The van der Waals surface area contributed by atoms with Crippen LogP contribution in [-0.2, 0) is 28.9 Å². The standard InChI is InChI=1S/C23H32N2O4/c1-15(24-22(27)29-23(2,3)4)12-13-25-19-9-7-6-8-17(19)18-14-16(21(26)28-5)10-11-20(18)25/h10-11,14-15H,6-9,12-13H2,1-5H3,(H,24,27). The summed E-state index contributed by atoms with van der Waals surface area (Å²) in [5.41, 5.74) is 3.94. The molecule has 1 atom stereocenters. The zero-order chi connectivity index (χ0) is 21.2. The van der Waals surface area contributed by atoms with Crippen molar-refractivity contribution in [2.45, 2.75) is 78.0 Å². The topological polar surface area (TPSA) is 69.6 Å². The third-order valence-corrected chi connectivity index (χ3v) is 5.35. The van der Waals surface area contributed by atoms with Crippen molar-refractivity contribution in [2.75, 3.05) is 7.11 Å². The molecular weight excluding hydrogens is 368 g/mol. The first-order valence-corrected chi connectivity index (χ1v) is 10.4. The highest BCUT2D eigenvalue weighted by Gasteiger charge is 2.22. The lowest BCUT2D eigenvalue weighted by molar-refractivity contribution is 0.0504. The largest absolute Gasteiger partial charge is 0.465 e. The van der Waals surface area contributed by atoms with Crippen LogP contribution in [0.5, 0.6) is 0 Å². The molecule has 1 amide bonds. The van der Waals surface area contributed by atoms with E-state index in [2.05, 4.69) is 9.88 Å². The van der Waals surface area contributed by atoms with Gasteiger partial charge in [0.25, 0.3) is 0 Å². The molecule has 1 heterocycles. The highest BCUT2D eigenvalue weighted by atomic mass is 16.6. The van der Waals surface area contributed by atoms with Gasteiger partial charge in [-0.3, -0.25) is 0 Å². The minimum Gasteiger partial charge on any atom is -0.465 e. The molecule has 6 nitrogen and oxygen atoms in total. The molecule has 0 bridgehead atoms. The van der Waals surface area contributed by atoms with Gasteiger partial charge in [-0.2, -0.15) is 0 Å². The third-order valence-electron chi connectivity index (χ3n) is 5.35. The van der Waals surface area contributed by atoms with Gasteiger partial charge in [-0.15, -0.1) is 0 Å². The molecule has 1 N–H and O–H groups in total. The molecule has 158 valence electrons. The van der Waals surface area contributed by atoms with Gasteiger partial charge < -0.3 is 19.4 Å². The molecule has 1 aromatic heterocycles. The molecule has 1 unspecified atom stereocenters. The quantitative estimate of drug-likeness (QED) is 0.744. The van der Waals surface area contributed by atoms with Crippen molar-refractivity contribution in [3.63, 3.8) is 0 Å². The van der Waals surface area contributed by atoms with Gasteiger partial charge in [-0.05, 0) is 83.6 Å². The number of benzene rings is 1. The molecule has 3 rings (SSSR count). The highest BCUT2D eigenvalue weighted by Crippen LogP contribution is 2.33. The lowest BCUT2D eigenvalue weighted by Crippen LogP contribution is -2.38. The predicted octanol–water partition coefficient (Wildman–Crippen LogP) is 4.61. The predicted molar refractivity (Wildman–Crippen MR) is 113 cm³/mol. The van der Waals surface area contributed by atoms with Gasteiger partial charge in [0, 0.05) is 29.2 Å². The van der Waals surface area contributed by atoms with Gasteiger partial charge in [-0.1, -0.05) is 0 Å². The molecule has 0 aliphatic heterocycles. The fourth-order valence-electron chi connectivity index (χ4n) is 4.04. The van der Waals surface area contributed by atoms with E-state index in [9.17, 15) is 9.59 Å². The Balaban J connectivity index is 1.80. The first-order valence-electron chi connectivity index (χ1n) is 10.4. The Morgan fingerprint density at radius 3 is 2.62 bits per heavy atom. The normalized spacial score (nSPS) is 14.9. The summed E-state index contributed by atoms with van der Waals surface area (Å²) in [6.45, 7) is 8.38. The van der Waals surface area contributed by atoms with Crippen LogP contribution in [0, 0.1) is 0 Å². The first kappa shape index (κ1) is 21.2. The maximum absolute atomic E-state index is 12.0. The SMILES string of the molecule is COC(=O)c1ccc2c(c1)c1c(n2CCC(C)NC(=O)OC(C)(C)C)CCCC1. The molecule has 6 heteroatoms. The average molecular weight is 401 g/mol. The number of carbonyl (C=O) groups is 2. The first-order chi connectivity index (χ1) is 13.7. The molecule has 1 aliphatic carbocycles. The second kappa shape index (κ2) is 8.47. The van der Waals surface area contributed by atoms with Crippen molar-refractivity contribution < 1.29 is 19.1 Å². The van der Waals surface area contributed by atoms with Gasteiger partial charge in [-0.25, -0.2) is 9.59 Å².